The van der Waals surface area contributed by atoms with Gasteiger partial charge in [0, 0.05) is 31.9 Å². The summed E-state index contributed by atoms with van der Waals surface area (Å²) in [5, 5.41) is 1.61. The number of benzene rings is 3. The lowest BCUT2D eigenvalue weighted by molar-refractivity contribution is -0.115. The molecule has 3 aromatic carbocycles. The Morgan fingerprint density at radius 3 is 2.45 bits per heavy atom. The van der Waals surface area contributed by atoms with Crippen LogP contribution in [0.15, 0.2) is 66.7 Å². The maximum atomic E-state index is 12.6. The van der Waals surface area contributed by atoms with Crippen LogP contribution in [0.4, 0.5) is 5.69 Å². The van der Waals surface area contributed by atoms with E-state index in [9.17, 15) is 4.79 Å². The third kappa shape index (κ3) is 4.51. The quantitative estimate of drug-likeness (QED) is 0.407. The minimum Gasteiger partial charge on any atom is -0.488 e. The average Bonchev–Trinajstić information content (AvgIpc) is 3.10. The number of thioether (sulfide) groups is 1. The van der Waals surface area contributed by atoms with Gasteiger partial charge in [-0.25, -0.2) is 0 Å². The number of rotatable bonds is 5. The maximum absolute atomic E-state index is 12.6. The highest BCUT2D eigenvalue weighted by atomic mass is 35.5. The van der Waals surface area contributed by atoms with E-state index in [1.54, 1.807) is 23.1 Å². The molecule has 0 spiro atoms. The maximum Gasteiger partial charge on any atom is 0.238 e. The van der Waals surface area contributed by atoms with Crippen LogP contribution in [0.5, 0.6) is 5.75 Å². The molecule has 1 fully saturated rings. The standard InChI is InChI=1S/C22H16Cl3NO2S/c23-15-5-8-17(9-6-15)26-21(27)13-29-22(26)18-11-16(24)7-10-20(18)28-12-14-3-1-2-4-19(14)25/h1-11,22H,12-13H2/t22-/m1/s1. The summed E-state index contributed by atoms with van der Waals surface area (Å²) in [5.41, 5.74) is 2.52. The van der Waals surface area contributed by atoms with Crippen LogP contribution in [0.25, 0.3) is 0 Å². The van der Waals surface area contributed by atoms with Crippen molar-refractivity contribution in [2.75, 3.05) is 10.7 Å². The van der Waals surface area contributed by atoms with Gasteiger partial charge in [0.25, 0.3) is 0 Å². The van der Waals surface area contributed by atoms with Gasteiger partial charge in [0.05, 0.1) is 5.75 Å². The number of carbonyl (C=O) groups excluding carboxylic acids is 1. The van der Waals surface area contributed by atoms with Gasteiger partial charge in [0.1, 0.15) is 17.7 Å². The van der Waals surface area contributed by atoms with E-state index in [4.69, 9.17) is 39.5 Å². The minimum absolute atomic E-state index is 0.0272. The summed E-state index contributed by atoms with van der Waals surface area (Å²) in [7, 11) is 0. The van der Waals surface area contributed by atoms with Crippen molar-refractivity contribution < 1.29 is 9.53 Å². The lowest BCUT2D eigenvalue weighted by atomic mass is 10.1. The van der Waals surface area contributed by atoms with E-state index in [0.29, 0.717) is 33.2 Å². The molecule has 0 bridgehead atoms. The van der Waals surface area contributed by atoms with E-state index in [2.05, 4.69) is 0 Å². The summed E-state index contributed by atoms with van der Waals surface area (Å²) < 4.78 is 6.09. The number of hydrogen-bond acceptors (Lipinski definition) is 3. The van der Waals surface area contributed by atoms with Gasteiger partial charge in [0.15, 0.2) is 0 Å². The third-order valence-electron chi connectivity index (χ3n) is 4.55. The summed E-state index contributed by atoms with van der Waals surface area (Å²) in [5.74, 6) is 1.07. The van der Waals surface area contributed by atoms with Crippen molar-refractivity contribution in [2.24, 2.45) is 0 Å². The Morgan fingerprint density at radius 1 is 0.966 bits per heavy atom. The molecule has 29 heavy (non-hydrogen) atoms. The van der Waals surface area contributed by atoms with Crippen LogP contribution in [-0.2, 0) is 11.4 Å². The molecule has 1 amide bonds. The molecule has 0 aromatic heterocycles. The summed E-state index contributed by atoms with van der Waals surface area (Å²) in [6.07, 6.45) is 0. The Kier molecular flexibility index (Phi) is 6.26. The Morgan fingerprint density at radius 2 is 1.69 bits per heavy atom. The van der Waals surface area contributed by atoms with Crippen LogP contribution < -0.4 is 9.64 Å². The van der Waals surface area contributed by atoms with E-state index in [1.165, 1.54) is 11.8 Å². The van der Waals surface area contributed by atoms with Crippen molar-refractivity contribution in [1.82, 2.24) is 0 Å². The Hall–Kier alpha value is -1.85. The first kappa shape index (κ1) is 20.4. The van der Waals surface area contributed by atoms with Crippen molar-refractivity contribution in [2.45, 2.75) is 12.0 Å². The van der Waals surface area contributed by atoms with Crippen molar-refractivity contribution in [1.29, 1.82) is 0 Å². The Bertz CT molecular complexity index is 1040. The van der Waals surface area contributed by atoms with Gasteiger partial charge >= 0.3 is 0 Å². The minimum atomic E-state index is -0.247. The van der Waals surface area contributed by atoms with E-state index >= 15 is 0 Å². The third-order valence-corrected chi connectivity index (χ3v) is 6.60. The van der Waals surface area contributed by atoms with Crippen molar-refractivity contribution >= 4 is 58.2 Å². The highest BCUT2D eigenvalue weighted by Crippen LogP contribution is 2.45. The molecule has 0 unspecified atom stereocenters. The molecule has 7 heteroatoms. The van der Waals surface area contributed by atoms with E-state index in [0.717, 1.165) is 16.8 Å². The van der Waals surface area contributed by atoms with Gasteiger partial charge in [-0.05, 0) is 48.5 Å². The van der Waals surface area contributed by atoms with Crippen LogP contribution in [0.3, 0.4) is 0 Å². The van der Waals surface area contributed by atoms with Crippen LogP contribution >= 0.6 is 46.6 Å². The van der Waals surface area contributed by atoms with Crippen LogP contribution in [0.1, 0.15) is 16.5 Å². The topological polar surface area (TPSA) is 29.5 Å². The zero-order chi connectivity index (χ0) is 20.4. The molecular formula is C22H16Cl3NO2S. The van der Waals surface area contributed by atoms with Crippen LogP contribution in [0.2, 0.25) is 15.1 Å². The van der Waals surface area contributed by atoms with E-state index in [1.807, 2.05) is 48.5 Å². The molecule has 3 nitrogen and oxygen atoms in total. The zero-order valence-corrected chi connectivity index (χ0v) is 18.2. The second-order valence-electron chi connectivity index (χ2n) is 6.47. The summed E-state index contributed by atoms with van der Waals surface area (Å²) in [4.78, 5) is 14.4. The molecule has 1 saturated heterocycles. The summed E-state index contributed by atoms with van der Waals surface area (Å²) in [6.45, 7) is 0.320. The van der Waals surface area contributed by atoms with E-state index < -0.39 is 0 Å². The fourth-order valence-electron chi connectivity index (χ4n) is 3.15. The molecule has 3 aromatic rings. The van der Waals surface area contributed by atoms with Gasteiger partial charge < -0.3 is 4.74 Å². The van der Waals surface area contributed by atoms with Gasteiger partial charge in [-0.1, -0.05) is 53.0 Å². The van der Waals surface area contributed by atoms with Gasteiger partial charge in [0.2, 0.25) is 5.91 Å². The fraction of sp³-hybridized carbons (Fsp3) is 0.136. The van der Waals surface area contributed by atoms with Crippen molar-refractivity contribution in [3.8, 4) is 5.75 Å². The molecule has 0 saturated carbocycles. The smallest absolute Gasteiger partial charge is 0.238 e. The first-order chi connectivity index (χ1) is 14.0. The zero-order valence-electron chi connectivity index (χ0n) is 15.1. The Labute approximate surface area is 188 Å². The lowest BCUT2D eigenvalue weighted by Crippen LogP contribution is -2.28. The second-order valence-corrected chi connectivity index (χ2v) is 8.81. The van der Waals surface area contributed by atoms with Gasteiger partial charge in [-0.3, -0.25) is 9.69 Å². The number of halogens is 3. The number of amides is 1. The number of anilines is 1. The number of nitrogens with zero attached hydrogens (tertiary/aromatic N) is 1. The SMILES string of the molecule is O=C1CS[C@H](c2cc(Cl)ccc2OCc2ccccc2Cl)N1c1ccc(Cl)cc1. The average molecular weight is 465 g/mol. The first-order valence-corrected chi connectivity index (χ1v) is 11.1. The molecule has 0 aliphatic carbocycles. The monoisotopic (exact) mass is 463 g/mol. The van der Waals surface area contributed by atoms with Gasteiger partial charge in [-0.2, -0.15) is 0 Å². The number of carbonyl (C=O) groups is 1. The summed E-state index contributed by atoms with van der Waals surface area (Å²) in [6, 6.07) is 20.2. The number of hydrogen-bond donors (Lipinski definition) is 0. The molecule has 1 aliphatic heterocycles. The fourth-order valence-corrected chi connectivity index (χ4v) is 4.84. The van der Waals surface area contributed by atoms with E-state index in [-0.39, 0.29) is 11.3 Å². The molecule has 0 N–H and O–H groups in total. The molecule has 148 valence electrons. The first-order valence-electron chi connectivity index (χ1n) is 8.88. The number of ether oxygens (including phenoxy) is 1. The largest absolute Gasteiger partial charge is 0.488 e. The molecular weight excluding hydrogens is 449 g/mol. The molecule has 1 heterocycles. The molecule has 4 rings (SSSR count). The van der Waals surface area contributed by atoms with Gasteiger partial charge in [-0.15, -0.1) is 11.8 Å². The normalized spacial score (nSPS) is 16.3. The van der Waals surface area contributed by atoms with Crippen molar-refractivity contribution in [3.63, 3.8) is 0 Å². The molecule has 0 radical (unpaired) electrons. The summed E-state index contributed by atoms with van der Waals surface area (Å²) >= 11 is 20.1. The van der Waals surface area contributed by atoms with Crippen molar-refractivity contribution in [3.05, 3.63) is 92.9 Å². The highest BCUT2D eigenvalue weighted by molar-refractivity contribution is 8.00. The van der Waals surface area contributed by atoms with Crippen LogP contribution in [0, 0.1) is 0 Å². The Balaban J connectivity index is 1.66. The molecule has 1 atom stereocenters. The predicted molar refractivity (Wildman–Crippen MR) is 121 cm³/mol. The predicted octanol–water partition coefficient (Wildman–Crippen LogP) is 7.00. The lowest BCUT2D eigenvalue weighted by Gasteiger charge is -2.26. The second kappa shape index (κ2) is 8.88. The highest BCUT2D eigenvalue weighted by Gasteiger charge is 2.36. The van der Waals surface area contributed by atoms with Crippen LogP contribution in [-0.4, -0.2) is 11.7 Å². The molecule has 1 aliphatic rings.